The van der Waals surface area contributed by atoms with Gasteiger partial charge in [0.05, 0.1) is 0 Å². The number of nitrogens with zero attached hydrogens (tertiary/aromatic N) is 4. The summed E-state index contributed by atoms with van der Waals surface area (Å²) in [4.78, 5) is 30.8. The first-order valence-electron chi connectivity index (χ1n) is 9.60. The van der Waals surface area contributed by atoms with E-state index in [2.05, 4.69) is 15.4 Å². The van der Waals surface area contributed by atoms with Crippen molar-refractivity contribution in [1.82, 2.24) is 25.0 Å². The van der Waals surface area contributed by atoms with E-state index in [-0.39, 0.29) is 23.1 Å². The standard InChI is InChI=1S/C20H25N5O2/c26-18(22-14-20(6-7-20)15-25-11-1-8-23-25)16-4-12-24(13-5-16)19(27)17-2-9-21-10-3-17/h1-3,8-11,16H,4-7,12-15H2,(H,22,26). The minimum absolute atomic E-state index is 0.00741. The van der Waals surface area contributed by atoms with Gasteiger partial charge >= 0.3 is 0 Å². The summed E-state index contributed by atoms with van der Waals surface area (Å²) in [5.41, 5.74) is 0.821. The lowest BCUT2D eigenvalue weighted by molar-refractivity contribution is -0.126. The largest absolute Gasteiger partial charge is 0.355 e. The van der Waals surface area contributed by atoms with E-state index in [1.54, 1.807) is 30.7 Å². The molecule has 0 atom stereocenters. The van der Waals surface area contributed by atoms with Crippen LogP contribution in [0, 0.1) is 11.3 Å². The molecule has 2 aromatic rings. The van der Waals surface area contributed by atoms with Crippen molar-refractivity contribution in [1.29, 1.82) is 0 Å². The minimum atomic E-state index is -0.00741. The van der Waals surface area contributed by atoms with Gasteiger partial charge in [0.1, 0.15) is 0 Å². The molecule has 7 heteroatoms. The lowest BCUT2D eigenvalue weighted by atomic mass is 9.95. The van der Waals surface area contributed by atoms with Crippen molar-refractivity contribution in [3.05, 3.63) is 48.5 Å². The molecule has 1 aliphatic carbocycles. The predicted octanol–water partition coefficient (Wildman–Crippen LogP) is 1.73. The van der Waals surface area contributed by atoms with Gasteiger partial charge in [0.2, 0.25) is 5.91 Å². The van der Waals surface area contributed by atoms with Crippen molar-refractivity contribution in [2.75, 3.05) is 19.6 Å². The zero-order chi connectivity index (χ0) is 18.7. The molecular weight excluding hydrogens is 342 g/mol. The van der Waals surface area contributed by atoms with Crippen LogP contribution in [-0.4, -0.2) is 51.1 Å². The number of carbonyl (C=O) groups is 2. The average Bonchev–Trinajstić information content (AvgIpc) is 3.29. The molecule has 0 unspecified atom stereocenters. The SMILES string of the molecule is O=C(NCC1(Cn2cccn2)CC1)C1CCN(C(=O)c2ccncc2)CC1. The molecule has 3 heterocycles. The fourth-order valence-corrected chi connectivity index (χ4v) is 3.75. The van der Waals surface area contributed by atoms with E-state index in [1.165, 1.54) is 0 Å². The number of rotatable bonds is 6. The first-order valence-corrected chi connectivity index (χ1v) is 9.60. The third-order valence-corrected chi connectivity index (χ3v) is 5.73. The minimum Gasteiger partial charge on any atom is -0.355 e. The van der Waals surface area contributed by atoms with Gasteiger partial charge in [0, 0.05) is 67.9 Å². The first-order chi connectivity index (χ1) is 13.2. The van der Waals surface area contributed by atoms with Crippen LogP contribution in [-0.2, 0) is 11.3 Å². The lowest BCUT2D eigenvalue weighted by Crippen LogP contribution is -2.44. The van der Waals surface area contributed by atoms with E-state index in [1.807, 2.05) is 21.8 Å². The molecule has 27 heavy (non-hydrogen) atoms. The Labute approximate surface area is 158 Å². The molecule has 0 radical (unpaired) electrons. The molecule has 1 aliphatic heterocycles. The fraction of sp³-hybridized carbons (Fsp3) is 0.500. The average molecular weight is 367 g/mol. The highest BCUT2D eigenvalue weighted by molar-refractivity contribution is 5.94. The van der Waals surface area contributed by atoms with Crippen molar-refractivity contribution in [3.8, 4) is 0 Å². The summed E-state index contributed by atoms with van der Waals surface area (Å²) in [5.74, 6) is 0.136. The van der Waals surface area contributed by atoms with E-state index >= 15 is 0 Å². The molecule has 1 saturated carbocycles. The van der Waals surface area contributed by atoms with Crippen LogP contribution in [0.15, 0.2) is 43.0 Å². The summed E-state index contributed by atoms with van der Waals surface area (Å²) in [6, 6.07) is 5.39. The zero-order valence-electron chi connectivity index (χ0n) is 15.4. The second kappa shape index (κ2) is 7.50. The summed E-state index contributed by atoms with van der Waals surface area (Å²) in [5, 5.41) is 7.42. The Kier molecular flexibility index (Phi) is 4.92. The van der Waals surface area contributed by atoms with Crippen LogP contribution in [0.4, 0.5) is 0 Å². The molecule has 2 amide bonds. The van der Waals surface area contributed by atoms with Crippen LogP contribution in [0.5, 0.6) is 0 Å². The Bertz CT molecular complexity index is 778. The molecule has 0 aromatic carbocycles. The van der Waals surface area contributed by atoms with Crippen LogP contribution in [0.3, 0.4) is 0 Å². The molecule has 142 valence electrons. The maximum absolute atomic E-state index is 12.6. The molecule has 1 saturated heterocycles. The van der Waals surface area contributed by atoms with Gasteiger partial charge in [-0.3, -0.25) is 19.3 Å². The molecule has 2 fully saturated rings. The van der Waals surface area contributed by atoms with Gasteiger partial charge in [-0.15, -0.1) is 0 Å². The summed E-state index contributed by atoms with van der Waals surface area (Å²) in [6.45, 7) is 2.82. The summed E-state index contributed by atoms with van der Waals surface area (Å²) < 4.78 is 1.95. The fourth-order valence-electron chi connectivity index (χ4n) is 3.75. The molecule has 7 nitrogen and oxygen atoms in total. The number of likely N-dealkylation sites (tertiary alicyclic amines) is 1. The maximum Gasteiger partial charge on any atom is 0.253 e. The van der Waals surface area contributed by atoms with E-state index < -0.39 is 0 Å². The number of nitrogens with one attached hydrogen (secondary N) is 1. The summed E-state index contributed by atoms with van der Waals surface area (Å²) in [6.07, 6.45) is 10.7. The highest BCUT2D eigenvalue weighted by Gasteiger charge is 2.43. The maximum atomic E-state index is 12.6. The second-order valence-corrected chi connectivity index (χ2v) is 7.72. The molecular formula is C20H25N5O2. The molecule has 0 spiro atoms. The van der Waals surface area contributed by atoms with Crippen LogP contribution >= 0.6 is 0 Å². The van der Waals surface area contributed by atoms with Crippen molar-refractivity contribution < 1.29 is 9.59 Å². The van der Waals surface area contributed by atoms with Gasteiger partial charge in [0.25, 0.3) is 5.91 Å². The Morgan fingerprint density at radius 1 is 1.15 bits per heavy atom. The number of amides is 2. The van der Waals surface area contributed by atoms with Gasteiger partial charge in [0.15, 0.2) is 0 Å². The Morgan fingerprint density at radius 3 is 2.52 bits per heavy atom. The molecule has 4 rings (SSSR count). The quantitative estimate of drug-likeness (QED) is 0.843. The summed E-state index contributed by atoms with van der Waals surface area (Å²) in [7, 11) is 0. The van der Waals surface area contributed by atoms with Crippen LogP contribution in [0.2, 0.25) is 0 Å². The first kappa shape index (κ1) is 17.7. The Morgan fingerprint density at radius 2 is 1.89 bits per heavy atom. The normalized spacial score (nSPS) is 18.9. The number of pyridine rings is 1. The second-order valence-electron chi connectivity index (χ2n) is 7.72. The van der Waals surface area contributed by atoms with Gasteiger partial charge in [-0.25, -0.2) is 0 Å². The van der Waals surface area contributed by atoms with E-state index in [0.29, 0.717) is 25.2 Å². The third kappa shape index (κ3) is 4.18. The van der Waals surface area contributed by atoms with E-state index in [9.17, 15) is 9.59 Å². The van der Waals surface area contributed by atoms with Crippen molar-refractivity contribution in [2.45, 2.75) is 32.2 Å². The Hall–Kier alpha value is -2.70. The molecule has 1 N–H and O–H groups in total. The molecule has 2 aromatic heterocycles. The smallest absolute Gasteiger partial charge is 0.253 e. The number of carbonyl (C=O) groups excluding carboxylic acids is 2. The van der Waals surface area contributed by atoms with Crippen molar-refractivity contribution in [2.24, 2.45) is 11.3 Å². The topological polar surface area (TPSA) is 80.1 Å². The highest BCUT2D eigenvalue weighted by Crippen LogP contribution is 2.46. The third-order valence-electron chi connectivity index (χ3n) is 5.73. The monoisotopic (exact) mass is 367 g/mol. The van der Waals surface area contributed by atoms with Crippen LogP contribution in [0.25, 0.3) is 0 Å². The van der Waals surface area contributed by atoms with Gasteiger partial charge in [-0.2, -0.15) is 5.10 Å². The van der Waals surface area contributed by atoms with E-state index in [4.69, 9.17) is 0 Å². The zero-order valence-corrected chi connectivity index (χ0v) is 15.4. The highest BCUT2D eigenvalue weighted by atomic mass is 16.2. The van der Waals surface area contributed by atoms with Crippen molar-refractivity contribution in [3.63, 3.8) is 0 Å². The molecule has 0 bridgehead atoms. The van der Waals surface area contributed by atoms with Gasteiger partial charge < -0.3 is 10.2 Å². The molecule has 2 aliphatic rings. The number of aromatic nitrogens is 3. The van der Waals surface area contributed by atoms with Crippen LogP contribution in [0.1, 0.15) is 36.0 Å². The Balaban J connectivity index is 1.24. The lowest BCUT2D eigenvalue weighted by Gasteiger charge is -2.31. The number of hydrogen-bond acceptors (Lipinski definition) is 4. The van der Waals surface area contributed by atoms with Gasteiger partial charge in [-0.05, 0) is 43.9 Å². The predicted molar refractivity (Wildman–Crippen MR) is 99.8 cm³/mol. The number of hydrogen-bond donors (Lipinski definition) is 1. The van der Waals surface area contributed by atoms with E-state index in [0.717, 1.165) is 32.2 Å². The number of piperidine rings is 1. The summed E-state index contributed by atoms with van der Waals surface area (Å²) >= 11 is 0. The van der Waals surface area contributed by atoms with Crippen molar-refractivity contribution >= 4 is 11.8 Å². The van der Waals surface area contributed by atoms with Gasteiger partial charge in [-0.1, -0.05) is 0 Å². The van der Waals surface area contributed by atoms with Crippen LogP contribution < -0.4 is 5.32 Å².